The Balaban J connectivity index is 2.20. The number of benzene rings is 1. The molecule has 2 unspecified atom stereocenters. The lowest BCUT2D eigenvalue weighted by molar-refractivity contribution is -0.144. The number of likely N-dealkylation sites (N-methyl/N-ethyl adjacent to an activating group) is 1. The normalized spacial score (nSPS) is 27.6. The summed E-state index contributed by atoms with van der Waals surface area (Å²) in [7, 11) is 3.20. The van der Waals surface area contributed by atoms with Crippen LogP contribution in [0, 0.1) is 0 Å². The lowest BCUT2D eigenvalue weighted by Crippen LogP contribution is -2.39. The van der Waals surface area contributed by atoms with Crippen LogP contribution in [0.2, 0.25) is 5.02 Å². The van der Waals surface area contributed by atoms with Crippen LogP contribution in [0.3, 0.4) is 0 Å². The van der Waals surface area contributed by atoms with Gasteiger partial charge in [-0.1, -0.05) is 23.7 Å². The third-order valence-corrected chi connectivity index (χ3v) is 3.48. The molecule has 0 spiro atoms. The molecule has 1 aliphatic carbocycles. The maximum Gasteiger partial charge on any atom is 0.326 e. The molecule has 1 aromatic carbocycles. The van der Waals surface area contributed by atoms with Gasteiger partial charge < -0.3 is 10.1 Å². The highest BCUT2D eigenvalue weighted by Crippen LogP contribution is 2.51. The van der Waals surface area contributed by atoms with Gasteiger partial charge in [-0.05, 0) is 31.2 Å². The molecular weight excluding hydrogens is 226 g/mol. The second-order valence-electron chi connectivity index (χ2n) is 4.02. The number of hydrogen-bond acceptors (Lipinski definition) is 3. The van der Waals surface area contributed by atoms with E-state index in [-0.39, 0.29) is 11.9 Å². The zero-order valence-corrected chi connectivity index (χ0v) is 10.0. The third-order valence-electron chi connectivity index (χ3n) is 3.23. The van der Waals surface area contributed by atoms with Crippen LogP contribution in [-0.2, 0) is 9.53 Å². The van der Waals surface area contributed by atoms with Crippen molar-refractivity contribution in [1.82, 2.24) is 5.32 Å². The fourth-order valence-electron chi connectivity index (χ4n) is 2.15. The number of carbonyl (C=O) groups excluding carboxylic acids is 1. The van der Waals surface area contributed by atoms with Gasteiger partial charge in [-0.2, -0.15) is 0 Å². The molecule has 1 N–H and O–H groups in total. The van der Waals surface area contributed by atoms with Crippen LogP contribution in [0.4, 0.5) is 0 Å². The smallest absolute Gasteiger partial charge is 0.326 e. The first-order chi connectivity index (χ1) is 7.64. The highest BCUT2D eigenvalue weighted by Gasteiger charge is 2.60. The Morgan fingerprint density at radius 1 is 1.50 bits per heavy atom. The summed E-state index contributed by atoms with van der Waals surface area (Å²) in [6.07, 6.45) is 0.776. The van der Waals surface area contributed by atoms with Crippen molar-refractivity contribution < 1.29 is 9.53 Å². The molecule has 0 aliphatic heterocycles. The largest absolute Gasteiger partial charge is 0.468 e. The lowest BCUT2D eigenvalue weighted by atomic mass is 10.1. The molecule has 4 heteroatoms. The van der Waals surface area contributed by atoms with Gasteiger partial charge in [0.15, 0.2) is 0 Å². The summed E-state index contributed by atoms with van der Waals surface area (Å²) in [6, 6.07) is 7.59. The number of rotatable bonds is 3. The highest BCUT2D eigenvalue weighted by molar-refractivity contribution is 6.30. The van der Waals surface area contributed by atoms with Crippen molar-refractivity contribution in [3.05, 3.63) is 34.9 Å². The minimum absolute atomic E-state index is 0.183. The van der Waals surface area contributed by atoms with Gasteiger partial charge in [0.1, 0.15) is 5.54 Å². The zero-order chi connectivity index (χ0) is 11.8. The van der Waals surface area contributed by atoms with Gasteiger partial charge in [0, 0.05) is 10.9 Å². The molecule has 16 heavy (non-hydrogen) atoms. The van der Waals surface area contributed by atoms with Crippen molar-refractivity contribution in [1.29, 1.82) is 0 Å². The predicted octanol–water partition coefficient (Wildman–Crippen LogP) is 1.96. The Hall–Kier alpha value is -1.06. The van der Waals surface area contributed by atoms with Crippen LogP contribution in [-0.4, -0.2) is 25.7 Å². The number of nitrogens with one attached hydrogen (secondary N) is 1. The van der Waals surface area contributed by atoms with Crippen molar-refractivity contribution >= 4 is 17.6 Å². The molecule has 1 fully saturated rings. The summed E-state index contributed by atoms with van der Waals surface area (Å²) in [6.45, 7) is 0. The summed E-state index contributed by atoms with van der Waals surface area (Å²) in [4.78, 5) is 11.7. The van der Waals surface area contributed by atoms with E-state index in [1.807, 2.05) is 24.3 Å². The second kappa shape index (κ2) is 4.07. The quantitative estimate of drug-likeness (QED) is 0.820. The summed E-state index contributed by atoms with van der Waals surface area (Å²) in [5.74, 6) is -0.0165. The predicted molar refractivity (Wildman–Crippen MR) is 62.6 cm³/mol. The molecule has 0 bridgehead atoms. The number of hydrogen-bond donors (Lipinski definition) is 1. The molecule has 2 atom stereocenters. The van der Waals surface area contributed by atoms with Crippen molar-refractivity contribution in [2.45, 2.75) is 17.9 Å². The van der Waals surface area contributed by atoms with Gasteiger partial charge in [-0.3, -0.25) is 4.79 Å². The standard InChI is InChI=1S/C12H14ClNO2/c1-14-12(11(15)16-2)7-10(12)8-3-5-9(13)6-4-8/h3-6,10,14H,7H2,1-2H3. The van der Waals surface area contributed by atoms with Gasteiger partial charge in [-0.15, -0.1) is 0 Å². The first-order valence-corrected chi connectivity index (χ1v) is 5.54. The van der Waals surface area contributed by atoms with Crippen LogP contribution in [0.1, 0.15) is 17.9 Å². The zero-order valence-electron chi connectivity index (χ0n) is 9.29. The third kappa shape index (κ3) is 1.70. The highest BCUT2D eigenvalue weighted by atomic mass is 35.5. The molecule has 1 aliphatic rings. The summed E-state index contributed by atoms with van der Waals surface area (Å²) >= 11 is 5.82. The van der Waals surface area contributed by atoms with Crippen LogP contribution in [0.5, 0.6) is 0 Å². The molecule has 0 amide bonds. The van der Waals surface area contributed by atoms with E-state index < -0.39 is 5.54 Å². The van der Waals surface area contributed by atoms with Gasteiger partial charge in [-0.25, -0.2) is 0 Å². The molecule has 0 radical (unpaired) electrons. The Morgan fingerprint density at radius 3 is 2.62 bits per heavy atom. The number of carbonyl (C=O) groups is 1. The van der Waals surface area contributed by atoms with Crippen molar-refractivity contribution in [2.24, 2.45) is 0 Å². The molecule has 3 nitrogen and oxygen atoms in total. The van der Waals surface area contributed by atoms with E-state index in [1.165, 1.54) is 7.11 Å². The summed E-state index contributed by atoms with van der Waals surface area (Å²) in [5, 5.41) is 3.76. The maximum atomic E-state index is 11.7. The van der Waals surface area contributed by atoms with Crippen molar-refractivity contribution in [3.63, 3.8) is 0 Å². The van der Waals surface area contributed by atoms with Gasteiger partial charge >= 0.3 is 5.97 Å². The molecule has 86 valence electrons. The Kier molecular flexibility index (Phi) is 2.91. The monoisotopic (exact) mass is 239 g/mol. The van der Waals surface area contributed by atoms with Gasteiger partial charge in [0.05, 0.1) is 7.11 Å². The minimum atomic E-state index is -0.539. The number of ether oxygens (including phenoxy) is 1. The Labute approximate surface area is 99.7 Å². The number of methoxy groups -OCH3 is 1. The average molecular weight is 240 g/mol. The van der Waals surface area contributed by atoms with Crippen LogP contribution < -0.4 is 5.32 Å². The fraction of sp³-hybridized carbons (Fsp3) is 0.417. The lowest BCUT2D eigenvalue weighted by Gasteiger charge is -2.13. The summed E-state index contributed by atoms with van der Waals surface area (Å²) in [5.41, 5.74) is 0.576. The Bertz CT molecular complexity index is 404. The topological polar surface area (TPSA) is 38.3 Å². The second-order valence-corrected chi connectivity index (χ2v) is 4.46. The summed E-state index contributed by atoms with van der Waals surface area (Å²) < 4.78 is 4.82. The van der Waals surface area contributed by atoms with Gasteiger partial charge in [0.25, 0.3) is 0 Å². The first kappa shape index (κ1) is 11.4. The molecule has 2 rings (SSSR count). The molecule has 0 aromatic heterocycles. The van der Waals surface area contributed by atoms with Gasteiger partial charge in [0.2, 0.25) is 0 Å². The molecular formula is C12H14ClNO2. The van der Waals surface area contributed by atoms with E-state index in [1.54, 1.807) is 7.05 Å². The number of halogens is 1. The maximum absolute atomic E-state index is 11.7. The minimum Gasteiger partial charge on any atom is -0.468 e. The van der Waals surface area contributed by atoms with E-state index in [4.69, 9.17) is 16.3 Å². The molecule has 0 heterocycles. The van der Waals surface area contributed by atoms with Crippen molar-refractivity contribution in [2.75, 3.05) is 14.2 Å². The molecule has 0 saturated heterocycles. The number of esters is 1. The van der Waals surface area contributed by atoms with E-state index in [0.29, 0.717) is 5.02 Å². The SMILES string of the molecule is CNC1(C(=O)OC)CC1c1ccc(Cl)cc1. The van der Waals surface area contributed by atoms with Crippen molar-refractivity contribution in [3.8, 4) is 0 Å². The van der Waals surface area contributed by atoms with E-state index >= 15 is 0 Å². The van der Waals surface area contributed by atoms with Crippen LogP contribution in [0.15, 0.2) is 24.3 Å². The van der Waals surface area contributed by atoms with E-state index in [0.717, 1.165) is 12.0 Å². The van der Waals surface area contributed by atoms with Crippen LogP contribution >= 0.6 is 11.6 Å². The van der Waals surface area contributed by atoms with Crippen LogP contribution in [0.25, 0.3) is 0 Å². The molecule has 1 aromatic rings. The average Bonchev–Trinajstić information content (AvgIpc) is 3.05. The van der Waals surface area contributed by atoms with E-state index in [2.05, 4.69) is 5.32 Å². The molecule has 1 saturated carbocycles. The fourth-order valence-corrected chi connectivity index (χ4v) is 2.27. The van der Waals surface area contributed by atoms with E-state index in [9.17, 15) is 4.79 Å². The first-order valence-electron chi connectivity index (χ1n) is 5.17. The Morgan fingerprint density at radius 2 is 2.12 bits per heavy atom.